The molecule has 0 aromatic heterocycles. The maximum atomic E-state index is 12.3. The molecule has 0 bridgehead atoms. The van der Waals surface area contributed by atoms with E-state index in [0.717, 1.165) is 11.4 Å². The van der Waals surface area contributed by atoms with Crippen LogP contribution in [0.3, 0.4) is 0 Å². The summed E-state index contributed by atoms with van der Waals surface area (Å²) in [5.74, 6) is -1.27. The molecule has 0 spiro atoms. The lowest BCUT2D eigenvalue weighted by Gasteiger charge is -2.42. The number of benzene rings is 1. The number of carboxylic acids is 1. The zero-order chi connectivity index (χ0) is 26.3. The van der Waals surface area contributed by atoms with Gasteiger partial charge in [0.2, 0.25) is 11.8 Å². The first-order chi connectivity index (χ1) is 16.4. The first kappa shape index (κ1) is 27.9. The van der Waals surface area contributed by atoms with Gasteiger partial charge in [0.1, 0.15) is 5.60 Å². The monoisotopic (exact) mass is 491 g/mol. The average Bonchev–Trinajstić information content (AvgIpc) is 2.77. The molecule has 2 fully saturated rings. The number of nitrogens with zero attached hydrogens (tertiary/aromatic N) is 2. The molecule has 1 atom stereocenters. The zero-order valence-electron chi connectivity index (χ0n) is 21.1. The van der Waals surface area contributed by atoms with Gasteiger partial charge in [-0.3, -0.25) is 14.9 Å². The van der Waals surface area contributed by atoms with Gasteiger partial charge in [-0.25, -0.2) is 9.59 Å². The fourth-order valence-corrected chi connectivity index (χ4v) is 4.06. The van der Waals surface area contributed by atoms with E-state index in [1.807, 2.05) is 27.7 Å². The minimum atomic E-state index is -0.999. The Morgan fingerprint density at radius 1 is 1.20 bits per heavy atom. The van der Waals surface area contributed by atoms with Crippen molar-refractivity contribution in [1.82, 2.24) is 10.2 Å². The summed E-state index contributed by atoms with van der Waals surface area (Å²) in [7, 11) is 1.76. The third-order valence-electron chi connectivity index (χ3n) is 5.65. The molecule has 0 saturated carbocycles. The molecule has 11 heteroatoms. The van der Waals surface area contributed by atoms with Gasteiger partial charge in [-0.1, -0.05) is 0 Å². The Morgan fingerprint density at radius 3 is 2.26 bits per heavy atom. The lowest BCUT2D eigenvalue weighted by molar-refractivity contribution is -0.132. The number of piperidine rings is 1. The Labute approximate surface area is 206 Å². The number of amides is 3. The first-order valence-corrected chi connectivity index (χ1v) is 11.7. The molecule has 1 aromatic carbocycles. The number of nitrogens with two attached hydrogens (primary N) is 1. The van der Waals surface area contributed by atoms with Crippen LogP contribution in [0.4, 0.5) is 16.2 Å². The number of anilines is 2. The zero-order valence-corrected chi connectivity index (χ0v) is 21.1. The molecule has 35 heavy (non-hydrogen) atoms. The van der Waals surface area contributed by atoms with Crippen molar-refractivity contribution in [3.63, 3.8) is 0 Å². The summed E-state index contributed by atoms with van der Waals surface area (Å²) in [5.41, 5.74) is 7.68. The molecule has 2 aliphatic rings. The number of hydrogen-bond acceptors (Lipinski definition) is 8. The molecular weight excluding hydrogens is 454 g/mol. The van der Waals surface area contributed by atoms with E-state index >= 15 is 0 Å². The van der Waals surface area contributed by atoms with Crippen LogP contribution in [0.2, 0.25) is 0 Å². The SMILES string of the molecule is CNc1c(N2CCN(C(=O)OC(C)(C)C)CC2C)ccc(C(=O)O)c1CN.O=C1CCCC(=O)N1. The Kier molecular flexibility index (Phi) is 9.47. The smallest absolute Gasteiger partial charge is 0.410 e. The van der Waals surface area contributed by atoms with E-state index in [2.05, 4.69) is 15.5 Å². The first-order valence-electron chi connectivity index (χ1n) is 11.7. The third kappa shape index (κ3) is 7.57. The molecule has 1 aromatic rings. The van der Waals surface area contributed by atoms with E-state index in [4.69, 9.17) is 10.5 Å². The molecule has 5 N–H and O–H groups in total. The molecule has 3 rings (SSSR count). The van der Waals surface area contributed by atoms with Crippen LogP contribution >= 0.6 is 0 Å². The Balaban J connectivity index is 0.000000456. The molecule has 3 amide bonds. The van der Waals surface area contributed by atoms with E-state index in [-0.39, 0.29) is 36.1 Å². The number of imide groups is 1. The van der Waals surface area contributed by atoms with E-state index < -0.39 is 11.6 Å². The van der Waals surface area contributed by atoms with Crippen molar-refractivity contribution >= 4 is 35.3 Å². The lowest BCUT2D eigenvalue weighted by Crippen LogP contribution is -2.54. The molecule has 1 unspecified atom stereocenters. The van der Waals surface area contributed by atoms with E-state index in [1.165, 1.54) is 0 Å². The van der Waals surface area contributed by atoms with Gasteiger partial charge >= 0.3 is 12.1 Å². The van der Waals surface area contributed by atoms with E-state index in [0.29, 0.717) is 44.5 Å². The molecular formula is C24H37N5O6. The summed E-state index contributed by atoms with van der Waals surface area (Å²) in [4.78, 5) is 48.4. The maximum absolute atomic E-state index is 12.3. The molecule has 2 aliphatic heterocycles. The van der Waals surface area contributed by atoms with Gasteiger partial charge in [-0.15, -0.1) is 0 Å². The summed E-state index contributed by atoms with van der Waals surface area (Å²) in [6.07, 6.45) is 1.41. The van der Waals surface area contributed by atoms with Crippen molar-refractivity contribution in [2.75, 3.05) is 36.9 Å². The summed E-state index contributed by atoms with van der Waals surface area (Å²) >= 11 is 0. The van der Waals surface area contributed by atoms with Gasteiger partial charge in [0.05, 0.1) is 16.9 Å². The van der Waals surface area contributed by atoms with Crippen LogP contribution in [-0.4, -0.2) is 72.2 Å². The molecule has 2 heterocycles. The highest BCUT2D eigenvalue weighted by atomic mass is 16.6. The number of carbonyl (C=O) groups excluding carboxylic acids is 3. The van der Waals surface area contributed by atoms with Crippen molar-refractivity contribution in [2.24, 2.45) is 5.73 Å². The average molecular weight is 492 g/mol. The second kappa shape index (κ2) is 11.9. The Bertz CT molecular complexity index is 944. The molecule has 0 radical (unpaired) electrons. The largest absolute Gasteiger partial charge is 0.478 e. The van der Waals surface area contributed by atoms with Crippen LogP contribution < -0.4 is 21.3 Å². The van der Waals surface area contributed by atoms with Crippen molar-refractivity contribution in [1.29, 1.82) is 0 Å². The number of ether oxygens (including phenoxy) is 1. The fourth-order valence-electron chi connectivity index (χ4n) is 4.06. The summed E-state index contributed by atoms with van der Waals surface area (Å²) in [6, 6.07) is 3.43. The van der Waals surface area contributed by atoms with Gasteiger partial charge in [-0.05, 0) is 46.2 Å². The predicted octanol–water partition coefficient (Wildman–Crippen LogP) is 2.14. The van der Waals surface area contributed by atoms with Crippen LogP contribution in [0, 0.1) is 0 Å². The van der Waals surface area contributed by atoms with Gasteiger partial charge in [0.15, 0.2) is 0 Å². The summed E-state index contributed by atoms with van der Waals surface area (Å²) in [5, 5.41) is 14.7. The minimum absolute atomic E-state index is 0.0414. The van der Waals surface area contributed by atoms with E-state index in [9.17, 15) is 24.3 Å². The highest BCUT2D eigenvalue weighted by molar-refractivity contribution is 5.97. The molecule has 0 aliphatic carbocycles. The van der Waals surface area contributed by atoms with Crippen LogP contribution in [0.15, 0.2) is 12.1 Å². The number of aromatic carboxylic acids is 1. The quantitative estimate of drug-likeness (QED) is 0.464. The second-order valence-electron chi connectivity index (χ2n) is 9.54. The van der Waals surface area contributed by atoms with Gasteiger partial charge in [0, 0.05) is 57.7 Å². The number of rotatable bonds is 4. The summed E-state index contributed by atoms with van der Waals surface area (Å²) < 4.78 is 5.46. The fraction of sp³-hybridized carbons (Fsp3) is 0.583. The standard InChI is InChI=1S/C19H30N4O4.C5H7NO2/c1-12-11-22(18(26)27-19(2,3)4)8-9-23(12)15-7-6-13(17(24)25)14(10-20)16(15)21-5;7-4-2-1-3-5(8)6-4/h6-7,12,21H,8-11,20H2,1-5H3,(H,24,25);1-3H2,(H,6,7,8). The van der Waals surface area contributed by atoms with Crippen LogP contribution in [0.5, 0.6) is 0 Å². The van der Waals surface area contributed by atoms with Crippen LogP contribution in [0.25, 0.3) is 0 Å². The Morgan fingerprint density at radius 2 is 1.83 bits per heavy atom. The maximum Gasteiger partial charge on any atom is 0.410 e. The number of carboxylic acid groups (broad SMARTS) is 1. The van der Waals surface area contributed by atoms with E-state index in [1.54, 1.807) is 24.1 Å². The Hall–Kier alpha value is -3.34. The minimum Gasteiger partial charge on any atom is -0.478 e. The normalized spacial score (nSPS) is 18.3. The van der Waals surface area contributed by atoms with Gasteiger partial charge in [0.25, 0.3) is 0 Å². The molecule has 2 saturated heterocycles. The number of hydrogen-bond donors (Lipinski definition) is 4. The molecule has 194 valence electrons. The topological polar surface area (TPSA) is 154 Å². The highest BCUT2D eigenvalue weighted by Crippen LogP contribution is 2.34. The second-order valence-corrected chi connectivity index (χ2v) is 9.54. The highest BCUT2D eigenvalue weighted by Gasteiger charge is 2.31. The van der Waals surface area contributed by atoms with Gasteiger partial charge in [-0.2, -0.15) is 0 Å². The lowest BCUT2D eigenvalue weighted by atomic mass is 10.0. The van der Waals surface area contributed by atoms with Gasteiger partial charge < -0.3 is 30.7 Å². The van der Waals surface area contributed by atoms with Crippen molar-refractivity contribution in [2.45, 2.75) is 65.1 Å². The van der Waals surface area contributed by atoms with Crippen molar-refractivity contribution in [3.8, 4) is 0 Å². The van der Waals surface area contributed by atoms with Crippen LogP contribution in [-0.2, 0) is 20.9 Å². The van der Waals surface area contributed by atoms with Crippen molar-refractivity contribution in [3.05, 3.63) is 23.3 Å². The number of nitrogens with one attached hydrogen (secondary N) is 2. The predicted molar refractivity (Wildman–Crippen MR) is 132 cm³/mol. The van der Waals surface area contributed by atoms with Crippen LogP contribution in [0.1, 0.15) is 62.9 Å². The number of carbonyl (C=O) groups is 4. The summed E-state index contributed by atoms with van der Waals surface area (Å²) in [6.45, 7) is 9.37. The van der Waals surface area contributed by atoms with Crippen molar-refractivity contribution < 1.29 is 29.0 Å². The third-order valence-corrected chi connectivity index (χ3v) is 5.65. The molecule has 11 nitrogen and oxygen atoms in total. The number of piperazine rings is 1.